The van der Waals surface area contributed by atoms with Gasteiger partial charge in [-0.3, -0.25) is 4.90 Å². The summed E-state index contributed by atoms with van der Waals surface area (Å²) in [6, 6.07) is 15.2. The van der Waals surface area contributed by atoms with E-state index < -0.39 is 6.03 Å². The van der Waals surface area contributed by atoms with E-state index in [2.05, 4.69) is 9.97 Å². The Kier molecular flexibility index (Phi) is 4.67. The first kappa shape index (κ1) is 17.9. The lowest BCUT2D eigenvalue weighted by molar-refractivity contribution is 0.253. The first-order valence-electron chi connectivity index (χ1n) is 8.74. The van der Waals surface area contributed by atoms with Crippen molar-refractivity contribution in [1.29, 1.82) is 0 Å². The molecule has 0 fully saturated rings. The van der Waals surface area contributed by atoms with Gasteiger partial charge in [0.1, 0.15) is 17.0 Å². The molecule has 0 saturated heterocycles. The lowest BCUT2D eigenvalue weighted by Gasteiger charge is -2.22. The van der Waals surface area contributed by atoms with Crippen molar-refractivity contribution in [2.75, 3.05) is 10.6 Å². The molecule has 4 rings (SSSR count). The van der Waals surface area contributed by atoms with E-state index in [0.29, 0.717) is 12.4 Å². The summed E-state index contributed by atoms with van der Waals surface area (Å²) in [6.45, 7) is 2.44. The van der Waals surface area contributed by atoms with Crippen LogP contribution < -0.4 is 16.4 Å². The van der Waals surface area contributed by atoms with E-state index in [-0.39, 0.29) is 0 Å². The number of benzene rings is 2. The van der Waals surface area contributed by atoms with Gasteiger partial charge >= 0.3 is 6.03 Å². The summed E-state index contributed by atoms with van der Waals surface area (Å²) in [5.74, 6) is 0.462. The lowest BCUT2D eigenvalue weighted by atomic mass is 10.0. The number of aryl methyl sites for hydroxylation is 1. The Labute approximate surface area is 166 Å². The molecule has 6 nitrogen and oxygen atoms in total. The molecule has 0 bridgehead atoms. The minimum Gasteiger partial charge on any atom is -0.383 e. The Hall–Kier alpha value is -3.45. The van der Waals surface area contributed by atoms with Crippen molar-refractivity contribution in [2.45, 2.75) is 13.5 Å². The Morgan fingerprint density at radius 1 is 1.11 bits per heavy atom. The molecule has 0 atom stereocenters. The van der Waals surface area contributed by atoms with Gasteiger partial charge in [0, 0.05) is 16.6 Å². The zero-order chi connectivity index (χ0) is 19.7. The average Bonchev–Trinajstić information content (AvgIpc) is 3.13. The van der Waals surface area contributed by atoms with E-state index in [0.717, 1.165) is 38.2 Å². The summed E-state index contributed by atoms with van der Waals surface area (Å²) < 4.78 is 0. The van der Waals surface area contributed by atoms with Gasteiger partial charge in [-0.2, -0.15) is 0 Å². The van der Waals surface area contributed by atoms with Crippen LogP contribution in [-0.4, -0.2) is 16.0 Å². The molecule has 0 spiro atoms. The monoisotopic (exact) mass is 389 g/mol. The molecule has 2 heterocycles. The molecule has 0 unspecified atom stereocenters. The number of hydrogen-bond donors (Lipinski definition) is 2. The van der Waals surface area contributed by atoms with Crippen molar-refractivity contribution in [1.82, 2.24) is 9.97 Å². The van der Waals surface area contributed by atoms with Gasteiger partial charge in [0.25, 0.3) is 0 Å². The highest BCUT2D eigenvalue weighted by molar-refractivity contribution is 7.17. The number of hydrogen-bond acceptors (Lipinski definition) is 5. The van der Waals surface area contributed by atoms with E-state index in [1.54, 1.807) is 4.90 Å². The summed E-state index contributed by atoms with van der Waals surface area (Å²) in [4.78, 5) is 22.8. The van der Waals surface area contributed by atoms with Gasteiger partial charge in [0.2, 0.25) is 0 Å². The molecule has 0 radical (unpaired) electrons. The van der Waals surface area contributed by atoms with E-state index in [4.69, 9.17) is 11.5 Å². The van der Waals surface area contributed by atoms with Gasteiger partial charge in [-0.1, -0.05) is 36.4 Å². The Morgan fingerprint density at radius 2 is 1.86 bits per heavy atom. The van der Waals surface area contributed by atoms with Crippen LogP contribution in [0, 0.1) is 6.92 Å². The molecular formula is C21H19N5OS. The molecular weight excluding hydrogens is 370 g/mol. The third-order valence-corrected chi connectivity index (χ3v) is 5.63. The second kappa shape index (κ2) is 7.28. The zero-order valence-electron chi connectivity index (χ0n) is 15.3. The van der Waals surface area contributed by atoms with Crippen LogP contribution in [0.5, 0.6) is 0 Å². The maximum absolute atomic E-state index is 12.1. The van der Waals surface area contributed by atoms with Crippen molar-refractivity contribution in [3.63, 3.8) is 0 Å². The fourth-order valence-electron chi connectivity index (χ4n) is 3.19. The molecule has 2 aromatic heterocycles. The van der Waals surface area contributed by atoms with Crippen molar-refractivity contribution in [2.24, 2.45) is 5.73 Å². The molecule has 4 N–H and O–H groups in total. The normalized spacial score (nSPS) is 10.9. The number of carbonyl (C=O) groups is 1. The molecule has 140 valence electrons. The molecule has 4 aromatic rings. The van der Waals surface area contributed by atoms with Crippen molar-refractivity contribution in [3.8, 4) is 11.1 Å². The number of thiophene rings is 1. The Morgan fingerprint density at radius 3 is 2.57 bits per heavy atom. The smallest absolute Gasteiger partial charge is 0.319 e. The SMILES string of the molecule is Cc1ccccc1CN(C(N)=O)c1ccc(-c2csc3ncnc(N)c23)cc1. The second-order valence-electron chi connectivity index (χ2n) is 6.49. The van der Waals surface area contributed by atoms with Crippen LogP contribution in [0.4, 0.5) is 16.3 Å². The fraction of sp³-hybridized carbons (Fsp3) is 0.0952. The highest BCUT2D eigenvalue weighted by Crippen LogP contribution is 2.36. The predicted molar refractivity (Wildman–Crippen MR) is 114 cm³/mol. The largest absolute Gasteiger partial charge is 0.383 e. The molecule has 7 heteroatoms. The number of nitrogen functional groups attached to an aromatic ring is 1. The van der Waals surface area contributed by atoms with Crippen LogP contribution in [-0.2, 0) is 6.54 Å². The zero-order valence-corrected chi connectivity index (χ0v) is 16.1. The molecule has 2 amide bonds. The topological polar surface area (TPSA) is 98.1 Å². The van der Waals surface area contributed by atoms with Gasteiger partial charge in [-0.05, 0) is 35.7 Å². The van der Waals surface area contributed by atoms with Gasteiger partial charge in [0.05, 0.1) is 11.9 Å². The lowest BCUT2D eigenvalue weighted by Crippen LogP contribution is -2.35. The second-order valence-corrected chi connectivity index (χ2v) is 7.34. The number of aromatic nitrogens is 2. The molecule has 0 aliphatic carbocycles. The highest BCUT2D eigenvalue weighted by Gasteiger charge is 2.16. The number of amides is 2. The maximum atomic E-state index is 12.1. The number of anilines is 2. The van der Waals surface area contributed by atoms with Crippen molar-refractivity contribution in [3.05, 3.63) is 71.4 Å². The first-order chi connectivity index (χ1) is 13.5. The molecule has 28 heavy (non-hydrogen) atoms. The Bertz CT molecular complexity index is 1150. The van der Waals surface area contributed by atoms with E-state index in [1.165, 1.54) is 17.7 Å². The summed E-state index contributed by atoms with van der Waals surface area (Å²) in [7, 11) is 0. The number of urea groups is 1. The van der Waals surface area contributed by atoms with E-state index in [1.807, 2.05) is 60.8 Å². The van der Waals surface area contributed by atoms with Crippen LogP contribution >= 0.6 is 11.3 Å². The summed E-state index contributed by atoms with van der Waals surface area (Å²) in [6.07, 6.45) is 1.47. The van der Waals surface area contributed by atoms with Crippen LogP contribution in [0.3, 0.4) is 0 Å². The number of primary amides is 1. The maximum Gasteiger partial charge on any atom is 0.319 e. The van der Waals surface area contributed by atoms with Gasteiger partial charge in [-0.15, -0.1) is 11.3 Å². The number of carbonyl (C=O) groups excluding carboxylic acids is 1. The van der Waals surface area contributed by atoms with Gasteiger partial charge in [0.15, 0.2) is 0 Å². The summed E-state index contributed by atoms with van der Waals surface area (Å²) in [5, 5.41) is 2.87. The van der Waals surface area contributed by atoms with Crippen molar-refractivity contribution < 1.29 is 4.79 Å². The van der Waals surface area contributed by atoms with Crippen LogP contribution in [0.15, 0.2) is 60.2 Å². The highest BCUT2D eigenvalue weighted by atomic mass is 32.1. The van der Waals surface area contributed by atoms with Gasteiger partial charge < -0.3 is 11.5 Å². The average molecular weight is 389 g/mol. The third-order valence-electron chi connectivity index (χ3n) is 4.75. The minimum atomic E-state index is -0.491. The van der Waals surface area contributed by atoms with Crippen LogP contribution in [0.1, 0.15) is 11.1 Å². The number of nitrogens with two attached hydrogens (primary N) is 2. The molecule has 2 aromatic carbocycles. The number of rotatable bonds is 4. The quantitative estimate of drug-likeness (QED) is 0.542. The molecule has 0 aliphatic rings. The standard InChI is InChI=1S/C21H19N5OS/c1-13-4-2-3-5-15(13)10-26(21(23)27)16-8-6-14(7-9-16)17-11-28-20-18(17)19(22)24-12-25-20/h2-9,11-12H,10H2,1H3,(H2,23,27)(H2,22,24,25). The van der Waals surface area contributed by atoms with E-state index in [9.17, 15) is 4.79 Å². The molecule has 0 aliphatic heterocycles. The first-order valence-corrected chi connectivity index (χ1v) is 9.62. The Balaban J connectivity index is 1.67. The molecule has 0 saturated carbocycles. The minimum absolute atomic E-state index is 0.420. The third kappa shape index (κ3) is 3.27. The van der Waals surface area contributed by atoms with Crippen LogP contribution in [0.25, 0.3) is 21.3 Å². The fourth-order valence-corrected chi connectivity index (χ4v) is 4.11. The van der Waals surface area contributed by atoms with Crippen molar-refractivity contribution >= 4 is 39.1 Å². The number of fused-ring (bicyclic) bond motifs is 1. The summed E-state index contributed by atoms with van der Waals surface area (Å²) >= 11 is 1.53. The van der Waals surface area contributed by atoms with Gasteiger partial charge in [-0.25, -0.2) is 14.8 Å². The van der Waals surface area contributed by atoms with Crippen LogP contribution in [0.2, 0.25) is 0 Å². The van der Waals surface area contributed by atoms with E-state index >= 15 is 0 Å². The summed E-state index contributed by atoms with van der Waals surface area (Å²) in [5.41, 5.74) is 16.6. The predicted octanol–water partition coefficient (Wildman–Crippen LogP) is 4.33. The number of nitrogens with zero attached hydrogens (tertiary/aromatic N) is 3.